The van der Waals surface area contributed by atoms with E-state index < -0.39 is 11.3 Å². The monoisotopic (exact) mass is 604 g/mol. The van der Waals surface area contributed by atoms with Gasteiger partial charge in [-0.3, -0.25) is 14.6 Å². The third kappa shape index (κ3) is 6.29. The quantitative estimate of drug-likeness (QED) is 0.105. The van der Waals surface area contributed by atoms with Crippen LogP contribution in [0.5, 0.6) is 0 Å². The van der Waals surface area contributed by atoms with Crippen molar-refractivity contribution in [2.75, 3.05) is 11.2 Å². The molecule has 0 fully saturated rings. The van der Waals surface area contributed by atoms with Crippen LogP contribution in [0.1, 0.15) is 25.0 Å². The highest BCUT2D eigenvalue weighted by Crippen LogP contribution is 2.14. The van der Waals surface area contributed by atoms with E-state index >= 15 is 0 Å². The molecule has 0 aliphatic rings. The standard InChI is InChI=1S/C10H10N2O3S.C9H8N2O3S.CH3I/c1-3-5-4-6(13)15-9-7(5)8(14)11-10(12-9)16-2;1-2-4-3-5(12)14-8-6(4)7(13)10-9(15)11-8;1-2/h4H,3H2,1-2H3,(H,11,12,14);3H,2H2,1H3,(H2,10,11,13,15);1H3. The van der Waals surface area contributed by atoms with Gasteiger partial charge in [-0.25, -0.2) is 9.59 Å². The molecule has 4 aromatic rings. The maximum Gasteiger partial charge on any atom is 0.337 e. The summed E-state index contributed by atoms with van der Waals surface area (Å²) < 4.78 is 9.94. The van der Waals surface area contributed by atoms with E-state index in [-0.39, 0.29) is 27.3 Å². The molecule has 176 valence electrons. The Kier molecular flexibility index (Phi) is 9.79. The first-order valence-electron chi connectivity index (χ1n) is 9.55. The number of nitrogens with one attached hydrogen (secondary N) is 3. The highest BCUT2D eigenvalue weighted by Gasteiger charge is 2.11. The summed E-state index contributed by atoms with van der Waals surface area (Å²) in [5.41, 5.74) is -0.0265. The van der Waals surface area contributed by atoms with Gasteiger partial charge in [0.05, 0.1) is 0 Å². The second-order valence-corrected chi connectivity index (χ2v) is 7.46. The van der Waals surface area contributed by atoms with E-state index in [4.69, 9.17) is 21.1 Å². The molecule has 0 aromatic carbocycles. The van der Waals surface area contributed by atoms with Crippen molar-refractivity contribution in [1.82, 2.24) is 19.9 Å². The molecule has 4 rings (SSSR count). The summed E-state index contributed by atoms with van der Waals surface area (Å²) in [6, 6.07) is 2.65. The number of hydrogen-bond acceptors (Lipinski definition) is 9. The van der Waals surface area contributed by atoms with E-state index in [1.807, 2.05) is 18.8 Å². The number of thioether (sulfide) groups is 1. The topological polar surface area (TPSA) is 155 Å². The van der Waals surface area contributed by atoms with Crippen LogP contribution in [-0.4, -0.2) is 31.1 Å². The normalized spacial score (nSPS) is 10.3. The SMILES string of the molecule is CCc1cc(=O)oc2[nH]c(=S)[nH]c(=O)c12.CCc1cc(=O)oc2nc(SC)[nH]c(=O)c12.CI. The number of fused-ring (bicyclic) bond motifs is 2. The first kappa shape index (κ1) is 26.7. The van der Waals surface area contributed by atoms with Gasteiger partial charge >= 0.3 is 11.3 Å². The molecule has 33 heavy (non-hydrogen) atoms. The second-order valence-electron chi connectivity index (χ2n) is 6.26. The van der Waals surface area contributed by atoms with Crippen molar-refractivity contribution in [1.29, 1.82) is 0 Å². The first-order valence-corrected chi connectivity index (χ1v) is 13.3. The number of aromatic amines is 3. The van der Waals surface area contributed by atoms with E-state index in [1.54, 1.807) is 6.26 Å². The lowest BCUT2D eigenvalue weighted by atomic mass is 10.1. The largest absolute Gasteiger partial charge is 0.405 e. The van der Waals surface area contributed by atoms with Crippen molar-refractivity contribution in [2.45, 2.75) is 31.8 Å². The molecule has 4 heterocycles. The number of hydrogen-bond donors (Lipinski definition) is 3. The lowest BCUT2D eigenvalue weighted by molar-refractivity contribution is 0.541. The molecular formula is C20H21IN4O6S2. The van der Waals surface area contributed by atoms with Crippen molar-refractivity contribution < 1.29 is 8.83 Å². The Bertz CT molecular complexity index is 1560. The zero-order chi connectivity index (χ0) is 24.7. The highest BCUT2D eigenvalue weighted by atomic mass is 127. The average Bonchev–Trinajstić information content (AvgIpc) is 2.78. The van der Waals surface area contributed by atoms with E-state index in [2.05, 4.69) is 42.5 Å². The van der Waals surface area contributed by atoms with Gasteiger partial charge in [-0.2, -0.15) is 4.98 Å². The highest BCUT2D eigenvalue weighted by molar-refractivity contribution is 14.1. The van der Waals surface area contributed by atoms with Crippen LogP contribution >= 0.6 is 46.6 Å². The van der Waals surface area contributed by atoms with Gasteiger partial charge in [0, 0.05) is 12.1 Å². The summed E-state index contributed by atoms with van der Waals surface area (Å²) in [6.45, 7) is 3.73. The fourth-order valence-electron chi connectivity index (χ4n) is 2.96. The summed E-state index contributed by atoms with van der Waals surface area (Å²) in [4.78, 5) is 59.5. The Labute approximate surface area is 209 Å². The number of aryl methyl sites for hydroxylation is 2. The van der Waals surface area contributed by atoms with E-state index in [0.29, 0.717) is 39.9 Å². The zero-order valence-corrected chi connectivity index (χ0v) is 22.0. The van der Waals surface area contributed by atoms with E-state index in [9.17, 15) is 19.2 Å². The van der Waals surface area contributed by atoms with Crippen LogP contribution in [0.2, 0.25) is 0 Å². The summed E-state index contributed by atoms with van der Waals surface area (Å²) in [5.74, 6) is 0. The van der Waals surface area contributed by atoms with Crippen LogP contribution in [0.15, 0.2) is 45.3 Å². The van der Waals surface area contributed by atoms with Crippen molar-refractivity contribution in [3.05, 3.63) is 69.6 Å². The number of alkyl halides is 1. The van der Waals surface area contributed by atoms with Gasteiger partial charge in [0.2, 0.25) is 11.4 Å². The van der Waals surface area contributed by atoms with Crippen LogP contribution in [0.3, 0.4) is 0 Å². The molecule has 10 nitrogen and oxygen atoms in total. The summed E-state index contributed by atoms with van der Waals surface area (Å²) >= 11 is 8.22. The summed E-state index contributed by atoms with van der Waals surface area (Å²) in [6.07, 6.45) is 2.95. The molecule has 0 spiro atoms. The fourth-order valence-corrected chi connectivity index (χ4v) is 3.52. The van der Waals surface area contributed by atoms with Crippen LogP contribution < -0.4 is 22.4 Å². The van der Waals surface area contributed by atoms with Gasteiger partial charge in [-0.05, 0) is 47.4 Å². The van der Waals surface area contributed by atoms with Gasteiger partial charge in [-0.15, -0.1) is 0 Å². The number of H-pyrrole nitrogens is 3. The van der Waals surface area contributed by atoms with Crippen molar-refractivity contribution >= 4 is 68.8 Å². The third-order valence-electron chi connectivity index (χ3n) is 4.35. The van der Waals surface area contributed by atoms with Gasteiger partial charge in [-0.1, -0.05) is 48.2 Å². The van der Waals surface area contributed by atoms with Gasteiger partial charge in [0.25, 0.3) is 11.1 Å². The lowest BCUT2D eigenvalue weighted by Gasteiger charge is -2.02. The van der Waals surface area contributed by atoms with E-state index in [1.165, 1.54) is 23.9 Å². The number of nitrogens with zero attached hydrogens (tertiary/aromatic N) is 1. The Morgan fingerprint density at radius 2 is 1.45 bits per heavy atom. The minimum absolute atomic E-state index is 0.109. The maximum absolute atomic E-state index is 11.8. The molecule has 3 N–H and O–H groups in total. The molecule has 0 amide bonds. The maximum atomic E-state index is 11.8. The Morgan fingerprint density at radius 1 is 0.909 bits per heavy atom. The van der Waals surface area contributed by atoms with Crippen LogP contribution in [-0.2, 0) is 12.8 Å². The minimum atomic E-state index is -0.490. The Morgan fingerprint density at radius 3 is 2.03 bits per heavy atom. The molecule has 0 saturated carbocycles. The van der Waals surface area contributed by atoms with Crippen molar-refractivity contribution in [3.8, 4) is 0 Å². The van der Waals surface area contributed by atoms with E-state index in [0.717, 1.165) is 0 Å². The molecule has 0 aliphatic heterocycles. The summed E-state index contributed by atoms with van der Waals surface area (Å²) in [5, 5.41) is 1.15. The molecule has 0 aliphatic carbocycles. The molecule has 0 saturated heterocycles. The fraction of sp³-hybridized carbons (Fsp3) is 0.300. The second kappa shape index (κ2) is 12.1. The van der Waals surface area contributed by atoms with Gasteiger partial charge < -0.3 is 18.8 Å². The number of aromatic nitrogens is 4. The molecule has 0 atom stereocenters. The summed E-state index contributed by atoms with van der Waals surface area (Å²) in [7, 11) is 0. The Hall–Kier alpha value is -2.52. The molecule has 0 bridgehead atoms. The van der Waals surface area contributed by atoms with Crippen LogP contribution in [0.4, 0.5) is 0 Å². The molecule has 13 heteroatoms. The molecule has 0 unspecified atom stereocenters. The smallest absolute Gasteiger partial charge is 0.337 e. The number of halogens is 1. The average molecular weight is 604 g/mol. The van der Waals surface area contributed by atoms with Crippen LogP contribution in [0.25, 0.3) is 22.2 Å². The molecule has 0 radical (unpaired) electrons. The predicted octanol–water partition coefficient (Wildman–Crippen LogP) is 3.31. The molecule has 4 aromatic heterocycles. The first-order chi connectivity index (χ1) is 15.8. The predicted molar refractivity (Wildman–Crippen MR) is 140 cm³/mol. The van der Waals surface area contributed by atoms with Crippen LogP contribution in [0, 0.1) is 4.77 Å². The van der Waals surface area contributed by atoms with Gasteiger partial charge in [0.15, 0.2) is 9.93 Å². The van der Waals surface area contributed by atoms with Gasteiger partial charge in [0.1, 0.15) is 10.8 Å². The molecular weight excluding hydrogens is 583 g/mol. The zero-order valence-electron chi connectivity index (χ0n) is 18.2. The van der Waals surface area contributed by atoms with Crippen molar-refractivity contribution in [2.24, 2.45) is 0 Å². The lowest BCUT2D eigenvalue weighted by Crippen LogP contribution is -2.14. The Balaban J connectivity index is 0.000000218. The number of rotatable bonds is 3. The third-order valence-corrected chi connectivity index (χ3v) is 5.14. The van der Waals surface area contributed by atoms with Crippen molar-refractivity contribution in [3.63, 3.8) is 0 Å². The minimum Gasteiger partial charge on any atom is -0.405 e.